The maximum Gasteiger partial charge on any atom is 0.0540 e. The Balaban J connectivity index is 1.32. The van der Waals surface area contributed by atoms with Crippen LogP contribution in [-0.4, -0.2) is 4.21 Å². The molecule has 2 nitrogen and oxygen atoms in total. The molecule has 0 unspecified atom stereocenters. The minimum atomic E-state index is -3.85. The van der Waals surface area contributed by atoms with E-state index in [4.69, 9.17) is 0 Å². The number of hydrogen-bond donors (Lipinski definition) is 0. The summed E-state index contributed by atoms with van der Waals surface area (Å²) in [5.74, 6) is 0. The molecule has 3 heteroatoms. The second-order valence-electron chi connectivity index (χ2n) is 11.7. The lowest BCUT2D eigenvalue weighted by atomic mass is 9.97. The molecule has 7 aromatic carbocycles. The van der Waals surface area contributed by atoms with E-state index in [1.807, 2.05) is 30.3 Å². The molecule has 9 rings (SSSR count). The second kappa shape index (κ2) is 9.49. The average molecular weight is 596 g/mol. The van der Waals surface area contributed by atoms with Crippen molar-refractivity contribution in [3.8, 4) is 33.4 Å². The van der Waals surface area contributed by atoms with Crippen molar-refractivity contribution in [2.45, 2.75) is 19.6 Å². The van der Waals surface area contributed by atoms with Crippen molar-refractivity contribution in [1.29, 1.82) is 0 Å². The van der Waals surface area contributed by atoms with Crippen LogP contribution in [0.2, 0.25) is 0 Å². The molecular formula is C42H29NOS. The highest BCUT2D eigenvalue weighted by molar-refractivity contribution is 8.21. The van der Waals surface area contributed by atoms with Gasteiger partial charge in [0.1, 0.15) is 0 Å². The van der Waals surface area contributed by atoms with Gasteiger partial charge in [-0.05, 0) is 88.5 Å². The summed E-state index contributed by atoms with van der Waals surface area (Å²) < 4.78 is 16.7. The highest BCUT2D eigenvalue weighted by Crippen LogP contribution is 2.71. The second-order valence-corrected chi connectivity index (χ2v) is 15.3. The van der Waals surface area contributed by atoms with Gasteiger partial charge in [-0.1, -0.05) is 115 Å². The molecule has 1 spiro atoms. The summed E-state index contributed by atoms with van der Waals surface area (Å²) in [6.07, 6.45) is 0. The van der Waals surface area contributed by atoms with Gasteiger partial charge in [0.05, 0.1) is 5.69 Å². The van der Waals surface area contributed by atoms with Gasteiger partial charge in [-0.15, -0.1) is 0 Å². The molecule has 0 saturated carbocycles. The molecule has 0 fully saturated rings. The third-order valence-corrected chi connectivity index (χ3v) is 14.2. The van der Waals surface area contributed by atoms with Gasteiger partial charge >= 0.3 is 0 Å². The topological polar surface area (TPSA) is 20.3 Å². The lowest BCUT2D eigenvalue weighted by molar-refractivity contribution is 0.658. The predicted octanol–water partition coefficient (Wildman–Crippen LogP) is 11.1. The molecule has 214 valence electrons. The van der Waals surface area contributed by atoms with Crippen molar-refractivity contribution in [2.24, 2.45) is 0 Å². The van der Waals surface area contributed by atoms with Crippen molar-refractivity contribution >= 4 is 26.1 Å². The zero-order valence-corrected chi connectivity index (χ0v) is 25.3. The molecule has 0 saturated heterocycles. The third kappa shape index (κ3) is 3.36. The molecule has 2 aliphatic rings. The Kier molecular flexibility index (Phi) is 5.47. The minimum absolute atomic E-state index is 0.898. The highest BCUT2D eigenvalue weighted by atomic mass is 32.3. The number of anilines is 3. The fourth-order valence-corrected chi connectivity index (χ4v) is 12.7. The maximum atomic E-state index is 16.7. The quantitative estimate of drug-likeness (QED) is 0.202. The first-order valence-electron chi connectivity index (χ1n) is 15.3. The van der Waals surface area contributed by atoms with Crippen LogP contribution in [-0.2, 0) is 9.07 Å². The summed E-state index contributed by atoms with van der Waals surface area (Å²) in [7, 11) is -3.85. The van der Waals surface area contributed by atoms with Crippen LogP contribution < -0.4 is 4.90 Å². The SMILES string of the molecule is O=S12(c3ccccc3-c3ccccc31)c1ccccc1-c1cc(-c3ccccc3N(c3ccccc3)c3ccccc3)ccc12. The van der Waals surface area contributed by atoms with E-state index < -0.39 is 9.07 Å². The van der Waals surface area contributed by atoms with E-state index in [0.29, 0.717) is 0 Å². The van der Waals surface area contributed by atoms with Gasteiger partial charge in [-0.25, -0.2) is 0 Å². The number of benzene rings is 7. The van der Waals surface area contributed by atoms with Gasteiger partial charge < -0.3 is 4.90 Å². The van der Waals surface area contributed by atoms with Crippen molar-refractivity contribution in [2.75, 3.05) is 4.90 Å². The highest BCUT2D eigenvalue weighted by Gasteiger charge is 2.57. The molecule has 45 heavy (non-hydrogen) atoms. The first-order valence-corrected chi connectivity index (χ1v) is 17.2. The predicted molar refractivity (Wildman–Crippen MR) is 185 cm³/mol. The van der Waals surface area contributed by atoms with E-state index in [2.05, 4.69) is 150 Å². The van der Waals surface area contributed by atoms with Crippen LogP contribution >= 0.6 is 0 Å². The van der Waals surface area contributed by atoms with Crippen LogP contribution in [0.3, 0.4) is 0 Å². The Morgan fingerprint density at radius 2 is 0.756 bits per heavy atom. The van der Waals surface area contributed by atoms with E-state index >= 15 is 4.21 Å². The summed E-state index contributed by atoms with van der Waals surface area (Å²) in [4.78, 5) is 5.93. The molecule has 2 aliphatic heterocycles. The van der Waals surface area contributed by atoms with E-state index in [-0.39, 0.29) is 0 Å². The van der Waals surface area contributed by atoms with Crippen LogP contribution in [0.4, 0.5) is 17.1 Å². The summed E-state index contributed by atoms with van der Waals surface area (Å²) in [6, 6.07) is 61.0. The van der Waals surface area contributed by atoms with Crippen molar-refractivity contribution < 1.29 is 4.21 Å². The third-order valence-electron chi connectivity index (χ3n) is 9.38. The Labute approximate surface area is 263 Å². The molecule has 0 amide bonds. The molecule has 0 aromatic heterocycles. The maximum absolute atomic E-state index is 16.7. The van der Waals surface area contributed by atoms with Crippen molar-refractivity contribution in [3.05, 3.63) is 176 Å². The van der Waals surface area contributed by atoms with E-state index in [1.54, 1.807) is 0 Å². The zero-order chi connectivity index (χ0) is 30.0. The molecule has 0 radical (unpaired) electrons. The van der Waals surface area contributed by atoms with Gasteiger partial charge in [0.25, 0.3) is 0 Å². The Morgan fingerprint density at radius 3 is 1.29 bits per heavy atom. The summed E-state index contributed by atoms with van der Waals surface area (Å²) in [5, 5.41) is 0. The lowest BCUT2D eigenvalue weighted by Gasteiger charge is -2.38. The van der Waals surface area contributed by atoms with Gasteiger partial charge in [-0.3, -0.25) is 4.21 Å². The molecule has 7 aromatic rings. The van der Waals surface area contributed by atoms with Crippen LogP contribution in [0.5, 0.6) is 0 Å². The van der Waals surface area contributed by atoms with E-state index in [1.165, 1.54) is 0 Å². The molecular weight excluding hydrogens is 567 g/mol. The summed E-state index contributed by atoms with van der Waals surface area (Å²) in [6.45, 7) is 0. The Hall–Kier alpha value is -5.51. The summed E-state index contributed by atoms with van der Waals surface area (Å²) in [5.41, 5.74) is 9.64. The molecule has 0 aliphatic carbocycles. The normalized spacial score (nSPS) is 15.2. The van der Waals surface area contributed by atoms with Crippen molar-refractivity contribution in [1.82, 2.24) is 0 Å². The van der Waals surface area contributed by atoms with Crippen LogP contribution in [0, 0.1) is 0 Å². The summed E-state index contributed by atoms with van der Waals surface area (Å²) >= 11 is 0. The fourth-order valence-electron chi connectivity index (χ4n) is 7.54. The van der Waals surface area contributed by atoms with E-state index in [0.717, 1.165) is 70.0 Å². The Morgan fingerprint density at radius 1 is 0.356 bits per heavy atom. The molecule has 0 N–H and O–H groups in total. The molecule has 2 heterocycles. The lowest BCUT2D eigenvalue weighted by Crippen LogP contribution is -2.29. The Bertz CT molecular complexity index is 2250. The standard InChI is InChI=1S/C42H29NOS/c44-45(39-24-12-8-20-34(39)35-21-9-13-25-40(35)45)41-26-14-10-22-36(41)37-29-30(27-28-42(37)45)33-19-7-11-23-38(33)43(31-15-3-1-4-16-31)32-17-5-2-6-18-32/h1-29H. The van der Waals surface area contributed by atoms with Gasteiger partial charge in [0.2, 0.25) is 0 Å². The fraction of sp³-hybridized carbons (Fsp3) is 0. The van der Waals surface area contributed by atoms with Gasteiger partial charge in [0.15, 0.2) is 0 Å². The minimum Gasteiger partial charge on any atom is -0.310 e. The number of para-hydroxylation sites is 3. The number of rotatable bonds is 4. The molecule has 0 bridgehead atoms. The number of hydrogen-bond acceptors (Lipinski definition) is 2. The average Bonchev–Trinajstić information content (AvgIpc) is 3.50. The zero-order valence-electron chi connectivity index (χ0n) is 24.5. The van der Waals surface area contributed by atoms with Crippen LogP contribution in [0.25, 0.3) is 33.4 Å². The number of nitrogens with zero attached hydrogens (tertiary/aromatic N) is 1. The monoisotopic (exact) mass is 595 g/mol. The van der Waals surface area contributed by atoms with Crippen LogP contribution in [0.1, 0.15) is 0 Å². The van der Waals surface area contributed by atoms with Crippen molar-refractivity contribution in [3.63, 3.8) is 0 Å². The van der Waals surface area contributed by atoms with Gasteiger partial charge in [-0.2, -0.15) is 0 Å². The molecule has 0 atom stereocenters. The largest absolute Gasteiger partial charge is 0.310 e. The smallest absolute Gasteiger partial charge is 0.0540 e. The first kappa shape index (κ1) is 25.9. The van der Waals surface area contributed by atoms with Crippen LogP contribution in [0.15, 0.2) is 196 Å². The van der Waals surface area contributed by atoms with E-state index in [9.17, 15) is 0 Å². The number of fused-ring (bicyclic) bond motifs is 10. The van der Waals surface area contributed by atoms with Gasteiger partial charge in [0, 0.05) is 45.6 Å². The first-order chi connectivity index (χ1) is 22.2.